The molecular weight excluding hydrogens is 378 g/mol. The molecule has 0 aromatic heterocycles. The van der Waals surface area contributed by atoms with E-state index in [1.807, 2.05) is 11.0 Å². The molecule has 0 saturated heterocycles. The van der Waals surface area contributed by atoms with Crippen molar-refractivity contribution in [3.05, 3.63) is 24.5 Å². The van der Waals surface area contributed by atoms with Crippen LogP contribution in [0.3, 0.4) is 0 Å². The average Bonchev–Trinajstić information content (AvgIpc) is 2.68. The molecule has 1 amide bonds. The van der Waals surface area contributed by atoms with Gasteiger partial charge in [-0.25, -0.2) is 4.79 Å². The molecule has 0 aromatic carbocycles. The lowest BCUT2D eigenvalue weighted by atomic mass is 9.67. The zero-order valence-electron chi connectivity index (χ0n) is 19.8. The first-order chi connectivity index (χ1) is 13.7. The summed E-state index contributed by atoms with van der Waals surface area (Å²) < 4.78 is 12.4. The van der Waals surface area contributed by atoms with Crippen LogP contribution in [0, 0.1) is 5.92 Å². The normalized spacial score (nSPS) is 25.1. The Kier molecular flexibility index (Phi) is 8.05. The van der Waals surface area contributed by atoms with Gasteiger partial charge in [0.05, 0.1) is 18.4 Å². The quantitative estimate of drug-likeness (QED) is 0.311. The topological polar surface area (TPSA) is 38.8 Å². The predicted molar refractivity (Wildman–Crippen MR) is 123 cm³/mol. The summed E-state index contributed by atoms with van der Waals surface area (Å²) in [6.45, 7) is 18.5. The second-order valence-electron chi connectivity index (χ2n) is 9.84. The Morgan fingerprint density at radius 2 is 1.86 bits per heavy atom. The fourth-order valence-electron chi connectivity index (χ4n) is 6.28. The van der Waals surface area contributed by atoms with Crippen LogP contribution >= 0.6 is 0 Å². The Balaban J connectivity index is 2.51. The molecule has 0 aromatic rings. The number of carbonyl (C=O) groups excluding carboxylic acids is 1. The van der Waals surface area contributed by atoms with Crippen molar-refractivity contribution in [3.63, 3.8) is 0 Å². The van der Waals surface area contributed by atoms with E-state index in [0.717, 1.165) is 37.9 Å². The van der Waals surface area contributed by atoms with Crippen LogP contribution in [0.25, 0.3) is 0 Å². The summed E-state index contributed by atoms with van der Waals surface area (Å²) in [6, 6.07) is 0. The SMILES string of the molecule is C=CCCC12CCCCC1C(O[Si](C(C)C)(C(C)C)C(C)C)=CCN2C(=O)OC. The molecule has 2 unspecified atom stereocenters. The van der Waals surface area contributed by atoms with Gasteiger partial charge in [0.2, 0.25) is 0 Å². The summed E-state index contributed by atoms with van der Waals surface area (Å²) in [4.78, 5) is 14.7. The highest BCUT2D eigenvalue weighted by molar-refractivity contribution is 6.77. The van der Waals surface area contributed by atoms with Crippen molar-refractivity contribution >= 4 is 14.4 Å². The molecule has 1 aliphatic heterocycles. The van der Waals surface area contributed by atoms with Crippen LogP contribution < -0.4 is 0 Å². The highest BCUT2D eigenvalue weighted by Gasteiger charge is 2.54. The van der Waals surface area contributed by atoms with Crippen molar-refractivity contribution in [2.24, 2.45) is 5.92 Å². The number of nitrogens with zero attached hydrogens (tertiary/aromatic N) is 1. The minimum Gasteiger partial charge on any atom is -0.546 e. The smallest absolute Gasteiger partial charge is 0.410 e. The number of amides is 1. The van der Waals surface area contributed by atoms with Gasteiger partial charge < -0.3 is 9.16 Å². The fourth-order valence-corrected chi connectivity index (χ4v) is 11.6. The van der Waals surface area contributed by atoms with Gasteiger partial charge in [0.15, 0.2) is 0 Å². The van der Waals surface area contributed by atoms with E-state index < -0.39 is 8.32 Å². The first kappa shape index (κ1) is 24.0. The minimum atomic E-state index is -2.04. The van der Waals surface area contributed by atoms with Crippen LogP contribution in [0.4, 0.5) is 4.79 Å². The van der Waals surface area contributed by atoms with Gasteiger partial charge in [0, 0.05) is 12.5 Å². The molecule has 2 rings (SSSR count). The first-order valence-electron chi connectivity index (χ1n) is 11.5. The van der Waals surface area contributed by atoms with E-state index in [1.165, 1.54) is 13.5 Å². The van der Waals surface area contributed by atoms with E-state index in [2.05, 4.69) is 54.2 Å². The third kappa shape index (κ3) is 4.30. The summed E-state index contributed by atoms with van der Waals surface area (Å²) in [7, 11) is -0.545. The number of methoxy groups -OCH3 is 1. The Bertz CT molecular complexity index is 591. The third-order valence-corrected chi connectivity index (χ3v) is 13.5. The number of hydrogen-bond acceptors (Lipinski definition) is 3. The number of allylic oxidation sites excluding steroid dienone is 1. The number of hydrogen-bond donors (Lipinski definition) is 0. The Labute approximate surface area is 179 Å². The Morgan fingerprint density at radius 1 is 1.24 bits per heavy atom. The van der Waals surface area contributed by atoms with Gasteiger partial charge in [-0.15, -0.1) is 6.58 Å². The Morgan fingerprint density at radius 3 is 2.38 bits per heavy atom. The van der Waals surface area contributed by atoms with E-state index in [-0.39, 0.29) is 17.6 Å². The lowest BCUT2D eigenvalue weighted by Crippen LogP contribution is -2.61. The van der Waals surface area contributed by atoms with Crippen LogP contribution in [0.2, 0.25) is 16.6 Å². The van der Waals surface area contributed by atoms with E-state index in [0.29, 0.717) is 23.2 Å². The van der Waals surface area contributed by atoms with Crippen LogP contribution in [0.5, 0.6) is 0 Å². The minimum absolute atomic E-state index is 0.212. The monoisotopic (exact) mass is 421 g/mol. The molecule has 2 atom stereocenters. The first-order valence-corrected chi connectivity index (χ1v) is 13.7. The highest BCUT2D eigenvalue weighted by Crippen LogP contribution is 2.51. The maximum Gasteiger partial charge on any atom is 0.410 e. The molecule has 0 N–H and O–H groups in total. The standard InChI is InChI=1S/C24H43NO3Si/c1-9-10-15-24-16-12-11-13-21(24)22(14-17-25(24)23(26)27-8)28-29(18(2)3,19(4)5)20(6)7/h9,14,18-21H,1,10-13,15-17H2,2-8H3. The second kappa shape index (κ2) is 9.72. The van der Waals surface area contributed by atoms with Crippen molar-refractivity contribution in [2.75, 3.05) is 13.7 Å². The van der Waals surface area contributed by atoms with E-state index in [1.54, 1.807) is 0 Å². The van der Waals surface area contributed by atoms with E-state index in [4.69, 9.17) is 9.16 Å². The summed E-state index contributed by atoms with van der Waals surface area (Å²) in [6.07, 6.45) is 10.2. The van der Waals surface area contributed by atoms with Crippen molar-refractivity contribution < 1.29 is 14.0 Å². The molecule has 166 valence electrons. The zero-order valence-corrected chi connectivity index (χ0v) is 20.8. The number of fused-ring (bicyclic) bond motifs is 1. The van der Waals surface area contributed by atoms with Crippen LogP contribution in [0.1, 0.15) is 80.1 Å². The number of rotatable bonds is 8. The molecule has 1 fully saturated rings. The molecule has 1 heterocycles. The fraction of sp³-hybridized carbons (Fsp3) is 0.792. The summed E-state index contributed by atoms with van der Waals surface area (Å²) in [5.74, 6) is 1.42. The average molecular weight is 422 g/mol. The number of carbonyl (C=O) groups is 1. The Hall–Kier alpha value is -1.23. The van der Waals surface area contributed by atoms with Crippen LogP contribution in [-0.4, -0.2) is 38.5 Å². The van der Waals surface area contributed by atoms with Gasteiger partial charge in [-0.1, -0.05) is 60.5 Å². The molecule has 0 bridgehead atoms. The van der Waals surface area contributed by atoms with E-state index >= 15 is 0 Å². The maximum absolute atomic E-state index is 12.7. The number of ether oxygens (including phenoxy) is 1. The molecule has 2 aliphatic rings. The summed E-state index contributed by atoms with van der Waals surface area (Å²) in [5, 5.41) is 0. The molecule has 0 spiro atoms. The summed E-state index contributed by atoms with van der Waals surface area (Å²) in [5.41, 5.74) is 1.39. The van der Waals surface area contributed by atoms with Crippen molar-refractivity contribution in [1.29, 1.82) is 0 Å². The molecule has 4 nitrogen and oxygen atoms in total. The van der Waals surface area contributed by atoms with Crippen LogP contribution in [-0.2, 0) is 9.16 Å². The van der Waals surface area contributed by atoms with Crippen molar-refractivity contribution in [2.45, 2.75) is 102 Å². The van der Waals surface area contributed by atoms with E-state index in [9.17, 15) is 4.79 Å². The lowest BCUT2D eigenvalue weighted by molar-refractivity contribution is -0.00767. The second-order valence-corrected chi connectivity index (χ2v) is 15.2. The maximum atomic E-state index is 12.7. The zero-order chi connectivity index (χ0) is 21.8. The lowest BCUT2D eigenvalue weighted by Gasteiger charge is -2.55. The van der Waals surface area contributed by atoms with Crippen LogP contribution in [0.15, 0.2) is 24.5 Å². The van der Waals surface area contributed by atoms with Crippen molar-refractivity contribution in [1.82, 2.24) is 4.90 Å². The van der Waals surface area contributed by atoms with Gasteiger partial charge in [-0.05, 0) is 48.4 Å². The van der Waals surface area contributed by atoms with Gasteiger partial charge in [-0.2, -0.15) is 0 Å². The molecule has 5 heteroatoms. The van der Waals surface area contributed by atoms with Gasteiger partial charge in [0.1, 0.15) is 0 Å². The van der Waals surface area contributed by atoms with Gasteiger partial charge in [0.25, 0.3) is 8.32 Å². The van der Waals surface area contributed by atoms with Gasteiger partial charge in [-0.3, -0.25) is 4.90 Å². The molecule has 0 radical (unpaired) electrons. The molecule has 1 saturated carbocycles. The highest BCUT2D eigenvalue weighted by atomic mass is 28.4. The van der Waals surface area contributed by atoms with Gasteiger partial charge >= 0.3 is 6.09 Å². The molecular formula is C24H43NO3Si. The molecule has 1 aliphatic carbocycles. The summed E-state index contributed by atoms with van der Waals surface area (Å²) >= 11 is 0. The predicted octanol–water partition coefficient (Wildman–Crippen LogP) is 7.04. The molecule has 29 heavy (non-hydrogen) atoms. The largest absolute Gasteiger partial charge is 0.546 e. The van der Waals surface area contributed by atoms with Crippen molar-refractivity contribution in [3.8, 4) is 0 Å². The third-order valence-electron chi connectivity index (χ3n) is 7.54.